The van der Waals surface area contributed by atoms with Crippen molar-refractivity contribution in [2.24, 2.45) is 0 Å². The number of rotatable bonds is 1. The molecule has 1 aliphatic rings. The molecule has 1 aliphatic heterocycles. The lowest BCUT2D eigenvalue weighted by atomic mass is 10.3. The van der Waals surface area contributed by atoms with Crippen molar-refractivity contribution < 1.29 is 14.2 Å². The van der Waals surface area contributed by atoms with Crippen LogP contribution < -0.4 is 0 Å². The second kappa shape index (κ2) is 2.50. The molecule has 1 unspecified atom stereocenters. The van der Waals surface area contributed by atoms with E-state index in [0.717, 1.165) is 5.76 Å². The molecule has 58 valence electrons. The Bertz CT molecular complexity index is 153. The van der Waals surface area contributed by atoms with Crippen molar-refractivity contribution in [2.45, 2.75) is 19.6 Å². The lowest BCUT2D eigenvalue weighted by Gasteiger charge is -2.30. The molecule has 0 saturated carbocycles. The fourth-order valence-corrected chi connectivity index (χ4v) is 0.628. The molecule has 10 heavy (non-hydrogen) atoms. The molecular formula is C7H12O3. The normalized spacial score (nSPS) is 32.1. The molecule has 0 amide bonds. The van der Waals surface area contributed by atoms with E-state index in [1.807, 2.05) is 13.8 Å². The van der Waals surface area contributed by atoms with Gasteiger partial charge in [-0.2, -0.15) is 0 Å². The van der Waals surface area contributed by atoms with Gasteiger partial charge in [-0.15, -0.1) is 0 Å². The first-order chi connectivity index (χ1) is 4.66. The molecule has 0 N–H and O–H groups in total. The minimum atomic E-state index is -0.598. The zero-order valence-corrected chi connectivity index (χ0v) is 6.51. The SMILES string of the molecule is COC1(C)COC(C)=CO1. The van der Waals surface area contributed by atoms with Crippen molar-refractivity contribution in [3.63, 3.8) is 0 Å². The zero-order valence-electron chi connectivity index (χ0n) is 6.51. The van der Waals surface area contributed by atoms with Gasteiger partial charge in [0.25, 0.3) is 0 Å². The first-order valence-electron chi connectivity index (χ1n) is 3.19. The van der Waals surface area contributed by atoms with Gasteiger partial charge in [0.2, 0.25) is 5.79 Å². The van der Waals surface area contributed by atoms with Crippen LogP contribution in [0.5, 0.6) is 0 Å². The lowest BCUT2D eigenvalue weighted by molar-refractivity contribution is -0.218. The van der Waals surface area contributed by atoms with Crippen LogP contribution in [-0.4, -0.2) is 19.5 Å². The summed E-state index contributed by atoms with van der Waals surface area (Å²) in [5, 5.41) is 0. The second-order valence-corrected chi connectivity index (χ2v) is 2.47. The summed E-state index contributed by atoms with van der Waals surface area (Å²) in [6.07, 6.45) is 1.56. The highest BCUT2D eigenvalue weighted by Crippen LogP contribution is 2.19. The van der Waals surface area contributed by atoms with E-state index in [9.17, 15) is 0 Å². The van der Waals surface area contributed by atoms with E-state index in [4.69, 9.17) is 14.2 Å². The molecule has 0 aromatic rings. The van der Waals surface area contributed by atoms with Crippen molar-refractivity contribution in [3.05, 3.63) is 12.0 Å². The molecule has 0 aliphatic carbocycles. The highest BCUT2D eigenvalue weighted by molar-refractivity contribution is 4.88. The van der Waals surface area contributed by atoms with Crippen molar-refractivity contribution >= 4 is 0 Å². The minimum absolute atomic E-state index is 0.450. The summed E-state index contributed by atoms with van der Waals surface area (Å²) in [5.41, 5.74) is 0. The molecule has 0 aromatic carbocycles. The van der Waals surface area contributed by atoms with Gasteiger partial charge in [-0.3, -0.25) is 0 Å². The zero-order chi connectivity index (χ0) is 7.61. The number of ether oxygens (including phenoxy) is 3. The molecule has 0 radical (unpaired) electrons. The van der Waals surface area contributed by atoms with E-state index < -0.39 is 5.79 Å². The van der Waals surface area contributed by atoms with Crippen molar-refractivity contribution in [1.82, 2.24) is 0 Å². The van der Waals surface area contributed by atoms with Gasteiger partial charge in [0.15, 0.2) is 6.61 Å². The van der Waals surface area contributed by atoms with Gasteiger partial charge >= 0.3 is 0 Å². The number of allylic oxidation sites excluding steroid dienone is 1. The van der Waals surface area contributed by atoms with Gasteiger partial charge in [-0.05, 0) is 6.92 Å². The van der Waals surface area contributed by atoms with Gasteiger partial charge in [0.05, 0.1) is 0 Å². The van der Waals surface area contributed by atoms with Gasteiger partial charge in [-0.1, -0.05) is 0 Å². The Balaban J connectivity index is 2.56. The predicted molar refractivity (Wildman–Crippen MR) is 36.2 cm³/mol. The summed E-state index contributed by atoms with van der Waals surface area (Å²) in [6.45, 7) is 4.12. The van der Waals surface area contributed by atoms with Crippen LogP contribution in [0.1, 0.15) is 13.8 Å². The molecule has 1 heterocycles. The predicted octanol–water partition coefficient (Wildman–Crippen LogP) is 1.26. The number of hydrogen-bond acceptors (Lipinski definition) is 3. The Morgan fingerprint density at radius 2 is 2.40 bits per heavy atom. The minimum Gasteiger partial charge on any atom is -0.488 e. The number of hydrogen-bond donors (Lipinski definition) is 0. The topological polar surface area (TPSA) is 27.7 Å². The third-order valence-corrected chi connectivity index (χ3v) is 1.47. The fourth-order valence-electron chi connectivity index (χ4n) is 0.628. The molecule has 0 spiro atoms. The van der Waals surface area contributed by atoms with Crippen molar-refractivity contribution in [2.75, 3.05) is 13.7 Å². The van der Waals surface area contributed by atoms with E-state index in [1.165, 1.54) is 0 Å². The smallest absolute Gasteiger partial charge is 0.241 e. The molecule has 0 fully saturated rings. The second-order valence-electron chi connectivity index (χ2n) is 2.47. The summed E-state index contributed by atoms with van der Waals surface area (Å²) in [4.78, 5) is 0. The van der Waals surface area contributed by atoms with E-state index in [1.54, 1.807) is 13.4 Å². The Morgan fingerprint density at radius 1 is 1.70 bits per heavy atom. The van der Waals surface area contributed by atoms with E-state index >= 15 is 0 Å². The molecule has 1 rings (SSSR count). The molecule has 0 saturated heterocycles. The van der Waals surface area contributed by atoms with Crippen LogP contribution in [0.25, 0.3) is 0 Å². The van der Waals surface area contributed by atoms with Crippen molar-refractivity contribution in [1.29, 1.82) is 0 Å². The molecule has 3 heteroatoms. The lowest BCUT2D eigenvalue weighted by Crippen LogP contribution is -2.37. The highest BCUT2D eigenvalue weighted by Gasteiger charge is 2.28. The average Bonchev–Trinajstić information content (AvgIpc) is 1.96. The molecular weight excluding hydrogens is 132 g/mol. The summed E-state index contributed by atoms with van der Waals surface area (Å²) in [7, 11) is 1.60. The van der Waals surface area contributed by atoms with E-state index in [0.29, 0.717) is 6.61 Å². The average molecular weight is 144 g/mol. The Hall–Kier alpha value is -0.700. The highest BCUT2D eigenvalue weighted by atomic mass is 16.7. The molecule has 0 aromatic heterocycles. The third kappa shape index (κ3) is 1.42. The summed E-state index contributed by atoms with van der Waals surface area (Å²) >= 11 is 0. The fraction of sp³-hybridized carbons (Fsp3) is 0.714. The molecule has 0 bridgehead atoms. The quantitative estimate of drug-likeness (QED) is 0.554. The van der Waals surface area contributed by atoms with E-state index in [2.05, 4.69) is 0 Å². The Labute approximate surface area is 60.6 Å². The summed E-state index contributed by atoms with van der Waals surface area (Å²) in [6, 6.07) is 0. The standard InChI is InChI=1S/C7H12O3/c1-6-4-10-7(2,8-3)5-9-6/h4H,5H2,1-3H3. The van der Waals surface area contributed by atoms with E-state index in [-0.39, 0.29) is 0 Å². The van der Waals surface area contributed by atoms with Gasteiger partial charge in [0.1, 0.15) is 12.0 Å². The van der Waals surface area contributed by atoms with Crippen LogP contribution in [0.4, 0.5) is 0 Å². The Kier molecular flexibility index (Phi) is 1.85. The summed E-state index contributed by atoms with van der Waals surface area (Å²) < 4.78 is 15.4. The first-order valence-corrected chi connectivity index (χ1v) is 3.19. The summed E-state index contributed by atoms with van der Waals surface area (Å²) in [5.74, 6) is 0.189. The van der Waals surface area contributed by atoms with Gasteiger partial charge < -0.3 is 14.2 Å². The van der Waals surface area contributed by atoms with Crippen molar-refractivity contribution in [3.8, 4) is 0 Å². The van der Waals surface area contributed by atoms with Crippen LogP contribution in [0, 0.1) is 0 Å². The van der Waals surface area contributed by atoms with Crippen LogP contribution >= 0.6 is 0 Å². The van der Waals surface area contributed by atoms with Crippen LogP contribution in [-0.2, 0) is 14.2 Å². The monoisotopic (exact) mass is 144 g/mol. The maximum atomic E-state index is 5.22. The van der Waals surface area contributed by atoms with Gasteiger partial charge in [0, 0.05) is 14.0 Å². The maximum absolute atomic E-state index is 5.22. The van der Waals surface area contributed by atoms with Gasteiger partial charge in [-0.25, -0.2) is 0 Å². The molecule has 1 atom stereocenters. The van der Waals surface area contributed by atoms with Crippen LogP contribution in [0.2, 0.25) is 0 Å². The maximum Gasteiger partial charge on any atom is 0.241 e. The van der Waals surface area contributed by atoms with Crippen LogP contribution in [0.3, 0.4) is 0 Å². The first kappa shape index (κ1) is 7.41. The van der Waals surface area contributed by atoms with Crippen LogP contribution in [0.15, 0.2) is 12.0 Å². The third-order valence-electron chi connectivity index (χ3n) is 1.47. The Morgan fingerprint density at radius 3 is 2.80 bits per heavy atom. The number of methoxy groups -OCH3 is 1. The largest absolute Gasteiger partial charge is 0.488 e. The molecule has 3 nitrogen and oxygen atoms in total.